The fourth-order valence-corrected chi connectivity index (χ4v) is 2.69. The molecule has 1 aromatic carbocycles. The molecule has 4 nitrogen and oxygen atoms in total. The fourth-order valence-electron chi connectivity index (χ4n) is 2.69. The summed E-state index contributed by atoms with van der Waals surface area (Å²) >= 11 is 0. The first kappa shape index (κ1) is 14.3. The van der Waals surface area contributed by atoms with Gasteiger partial charge in [0.05, 0.1) is 6.61 Å². The zero-order valence-electron chi connectivity index (χ0n) is 11.8. The lowest BCUT2D eigenvalue weighted by molar-refractivity contribution is 0.0888. The Morgan fingerprint density at radius 2 is 1.79 bits per heavy atom. The van der Waals surface area contributed by atoms with Crippen LogP contribution < -0.4 is 5.73 Å². The molecule has 1 unspecified atom stereocenters. The van der Waals surface area contributed by atoms with E-state index in [1.54, 1.807) is 0 Å². The highest BCUT2D eigenvalue weighted by Crippen LogP contribution is 2.13. The van der Waals surface area contributed by atoms with Crippen LogP contribution in [0.15, 0.2) is 24.3 Å². The van der Waals surface area contributed by atoms with Gasteiger partial charge in [0, 0.05) is 44.5 Å². The molecular formula is C15H25N3O. The Hall–Kier alpha value is -1.10. The summed E-state index contributed by atoms with van der Waals surface area (Å²) in [6, 6.07) is 8.74. The van der Waals surface area contributed by atoms with Gasteiger partial charge < -0.3 is 10.8 Å². The second kappa shape index (κ2) is 6.89. The maximum absolute atomic E-state index is 8.95. The van der Waals surface area contributed by atoms with Crippen LogP contribution >= 0.6 is 0 Å². The number of nitrogens with zero attached hydrogens (tertiary/aromatic N) is 2. The minimum absolute atomic E-state index is 0.265. The van der Waals surface area contributed by atoms with Crippen molar-refractivity contribution in [2.75, 3.05) is 45.1 Å². The average molecular weight is 263 g/mol. The van der Waals surface area contributed by atoms with Crippen molar-refractivity contribution in [3.63, 3.8) is 0 Å². The van der Waals surface area contributed by atoms with Crippen molar-refractivity contribution in [1.29, 1.82) is 0 Å². The molecule has 4 heteroatoms. The van der Waals surface area contributed by atoms with E-state index in [2.05, 4.69) is 28.9 Å². The van der Waals surface area contributed by atoms with Crippen LogP contribution in [-0.4, -0.2) is 60.3 Å². The zero-order chi connectivity index (χ0) is 13.7. The van der Waals surface area contributed by atoms with E-state index in [0.717, 1.165) is 44.8 Å². The van der Waals surface area contributed by atoms with E-state index in [1.165, 1.54) is 5.56 Å². The molecule has 1 saturated heterocycles. The smallest absolute Gasteiger partial charge is 0.0558 e. The van der Waals surface area contributed by atoms with Crippen LogP contribution in [0.25, 0.3) is 0 Å². The van der Waals surface area contributed by atoms with Gasteiger partial charge in [-0.05, 0) is 31.0 Å². The van der Waals surface area contributed by atoms with Crippen LogP contribution in [0.4, 0.5) is 5.69 Å². The summed E-state index contributed by atoms with van der Waals surface area (Å²) in [5.41, 5.74) is 7.88. The van der Waals surface area contributed by atoms with Gasteiger partial charge in [0.1, 0.15) is 0 Å². The van der Waals surface area contributed by atoms with Crippen LogP contribution in [0.2, 0.25) is 0 Å². The number of aliphatic hydroxyl groups excluding tert-OH is 1. The molecule has 3 N–H and O–H groups in total. The van der Waals surface area contributed by atoms with Crippen molar-refractivity contribution < 1.29 is 5.11 Å². The molecule has 0 bridgehead atoms. The lowest BCUT2D eigenvalue weighted by Gasteiger charge is -2.38. The molecule has 1 fully saturated rings. The lowest BCUT2D eigenvalue weighted by Crippen LogP contribution is -2.50. The lowest BCUT2D eigenvalue weighted by atomic mass is 10.0. The highest BCUT2D eigenvalue weighted by Gasteiger charge is 2.20. The Labute approximate surface area is 115 Å². The van der Waals surface area contributed by atoms with Gasteiger partial charge in [-0.1, -0.05) is 12.1 Å². The third-order valence-corrected chi connectivity index (χ3v) is 3.96. The van der Waals surface area contributed by atoms with E-state index in [0.29, 0.717) is 6.04 Å². The number of rotatable bonds is 5. The Bertz CT molecular complexity index is 371. The predicted octanol–water partition coefficient (Wildman–Crippen LogP) is 0.810. The normalized spacial score (nSPS) is 19.5. The van der Waals surface area contributed by atoms with Crippen molar-refractivity contribution >= 4 is 5.69 Å². The Balaban J connectivity index is 1.81. The summed E-state index contributed by atoms with van der Waals surface area (Å²) in [6.07, 6.45) is 1.07. The minimum Gasteiger partial charge on any atom is -0.399 e. The van der Waals surface area contributed by atoms with E-state index in [4.69, 9.17) is 10.8 Å². The Kier molecular flexibility index (Phi) is 5.19. The van der Waals surface area contributed by atoms with Gasteiger partial charge in [-0.3, -0.25) is 9.80 Å². The molecule has 0 saturated carbocycles. The van der Waals surface area contributed by atoms with Crippen molar-refractivity contribution in [3.05, 3.63) is 29.8 Å². The SMILES string of the molecule is CC(Cc1ccc(N)cc1)N1CCN(CCO)CC1. The Morgan fingerprint density at radius 1 is 1.16 bits per heavy atom. The monoisotopic (exact) mass is 263 g/mol. The molecule has 0 amide bonds. The predicted molar refractivity (Wildman–Crippen MR) is 79.1 cm³/mol. The number of piperazine rings is 1. The van der Waals surface area contributed by atoms with E-state index < -0.39 is 0 Å². The quantitative estimate of drug-likeness (QED) is 0.772. The highest BCUT2D eigenvalue weighted by molar-refractivity contribution is 5.39. The van der Waals surface area contributed by atoms with Crippen molar-refractivity contribution in [2.24, 2.45) is 0 Å². The first-order valence-electron chi connectivity index (χ1n) is 7.10. The molecular weight excluding hydrogens is 238 g/mol. The largest absolute Gasteiger partial charge is 0.399 e. The molecule has 0 aromatic heterocycles. The van der Waals surface area contributed by atoms with Crippen molar-refractivity contribution in [1.82, 2.24) is 9.80 Å². The molecule has 106 valence electrons. The van der Waals surface area contributed by atoms with Gasteiger partial charge in [-0.25, -0.2) is 0 Å². The van der Waals surface area contributed by atoms with E-state index in [1.807, 2.05) is 12.1 Å². The number of aliphatic hydroxyl groups is 1. The van der Waals surface area contributed by atoms with Crippen LogP contribution in [0.5, 0.6) is 0 Å². The van der Waals surface area contributed by atoms with Crippen LogP contribution in [0.1, 0.15) is 12.5 Å². The number of hydrogen-bond acceptors (Lipinski definition) is 4. The minimum atomic E-state index is 0.265. The second-order valence-corrected chi connectivity index (χ2v) is 5.40. The number of anilines is 1. The topological polar surface area (TPSA) is 52.7 Å². The second-order valence-electron chi connectivity index (χ2n) is 5.40. The number of nitrogen functional groups attached to an aromatic ring is 1. The molecule has 0 radical (unpaired) electrons. The maximum Gasteiger partial charge on any atom is 0.0558 e. The molecule has 1 aliphatic rings. The molecule has 1 aromatic rings. The Morgan fingerprint density at radius 3 is 2.37 bits per heavy atom. The number of β-amino-alcohol motifs (C(OH)–C–C–N with tert-alkyl or cyclic N) is 1. The molecule has 0 aliphatic carbocycles. The van der Waals surface area contributed by atoms with Crippen LogP contribution in [0.3, 0.4) is 0 Å². The highest BCUT2D eigenvalue weighted by atomic mass is 16.3. The van der Waals surface area contributed by atoms with E-state index in [-0.39, 0.29) is 6.61 Å². The van der Waals surface area contributed by atoms with Gasteiger partial charge in [0.15, 0.2) is 0 Å². The summed E-state index contributed by atoms with van der Waals surface area (Å²) in [5.74, 6) is 0. The first-order chi connectivity index (χ1) is 9.19. The van der Waals surface area contributed by atoms with Crippen molar-refractivity contribution in [3.8, 4) is 0 Å². The van der Waals surface area contributed by atoms with Crippen molar-refractivity contribution in [2.45, 2.75) is 19.4 Å². The van der Waals surface area contributed by atoms with Gasteiger partial charge >= 0.3 is 0 Å². The summed E-state index contributed by atoms with van der Waals surface area (Å²) in [7, 11) is 0. The summed E-state index contributed by atoms with van der Waals surface area (Å²) < 4.78 is 0. The maximum atomic E-state index is 8.95. The van der Waals surface area contributed by atoms with E-state index in [9.17, 15) is 0 Å². The van der Waals surface area contributed by atoms with Gasteiger partial charge in [0.25, 0.3) is 0 Å². The number of hydrogen-bond donors (Lipinski definition) is 2. The summed E-state index contributed by atoms with van der Waals surface area (Å²) in [6.45, 7) is 7.67. The van der Waals surface area contributed by atoms with E-state index >= 15 is 0 Å². The summed E-state index contributed by atoms with van der Waals surface area (Å²) in [5, 5.41) is 8.95. The summed E-state index contributed by atoms with van der Waals surface area (Å²) in [4.78, 5) is 4.86. The molecule has 19 heavy (non-hydrogen) atoms. The third kappa shape index (κ3) is 4.20. The molecule has 1 atom stereocenters. The third-order valence-electron chi connectivity index (χ3n) is 3.96. The first-order valence-corrected chi connectivity index (χ1v) is 7.10. The van der Waals surface area contributed by atoms with Gasteiger partial charge in [0.2, 0.25) is 0 Å². The molecule has 2 rings (SSSR count). The van der Waals surface area contributed by atoms with Crippen LogP contribution in [0, 0.1) is 0 Å². The zero-order valence-corrected chi connectivity index (χ0v) is 11.8. The molecule has 0 spiro atoms. The van der Waals surface area contributed by atoms with Crippen LogP contribution in [-0.2, 0) is 6.42 Å². The molecule has 1 heterocycles. The number of benzene rings is 1. The standard InChI is InChI=1S/C15H25N3O/c1-13(12-14-2-4-15(16)5-3-14)18-8-6-17(7-9-18)10-11-19/h2-5,13,19H,6-12,16H2,1H3. The average Bonchev–Trinajstić information content (AvgIpc) is 2.42. The van der Waals surface area contributed by atoms with Gasteiger partial charge in [-0.15, -0.1) is 0 Å². The number of nitrogens with two attached hydrogens (primary N) is 1. The van der Waals surface area contributed by atoms with Gasteiger partial charge in [-0.2, -0.15) is 0 Å². The molecule has 1 aliphatic heterocycles. The fraction of sp³-hybridized carbons (Fsp3) is 0.600.